The van der Waals surface area contributed by atoms with Crippen LogP contribution in [-0.2, 0) is 4.79 Å². The molecule has 1 saturated heterocycles. The number of nitrogens with zero attached hydrogens (tertiary/aromatic N) is 1. The molecule has 2 rings (SSSR count). The Morgan fingerprint density at radius 2 is 2.00 bits per heavy atom. The Hall–Kier alpha value is -0.610. The van der Waals surface area contributed by atoms with Gasteiger partial charge in [0.2, 0.25) is 5.91 Å². The molecule has 98 valence electrons. The predicted octanol–water partition coefficient (Wildman–Crippen LogP) is 0.713. The van der Waals surface area contributed by atoms with Crippen LogP contribution in [0.5, 0.6) is 0 Å². The molecule has 2 aliphatic rings. The fraction of sp³-hybridized carbons (Fsp3) is 0.923. The summed E-state index contributed by atoms with van der Waals surface area (Å²) in [6, 6.07) is 0.683. The highest BCUT2D eigenvalue weighted by Gasteiger charge is 2.36. The lowest BCUT2D eigenvalue weighted by Gasteiger charge is -2.27. The first-order valence-electron chi connectivity index (χ1n) is 6.68. The van der Waals surface area contributed by atoms with E-state index in [-0.39, 0.29) is 11.3 Å². The summed E-state index contributed by atoms with van der Waals surface area (Å²) in [6.45, 7) is 8.14. The molecule has 4 heteroatoms. The zero-order valence-electron chi connectivity index (χ0n) is 11.2. The molecule has 17 heavy (non-hydrogen) atoms. The summed E-state index contributed by atoms with van der Waals surface area (Å²) in [6.07, 6.45) is 3.74. The first kappa shape index (κ1) is 12.8. The summed E-state index contributed by atoms with van der Waals surface area (Å²) in [5.74, 6) is 0.000136. The lowest BCUT2D eigenvalue weighted by Crippen LogP contribution is -2.51. The molecule has 3 N–H and O–H groups in total. The van der Waals surface area contributed by atoms with E-state index in [1.807, 2.05) is 20.8 Å². The molecule has 0 spiro atoms. The van der Waals surface area contributed by atoms with Crippen molar-refractivity contribution in [1.29, 1.82) is 0 Å². The van der Waals surface area contributed by atoms with Gasteiger partial charge in [0.1, 0.15) is 0 Å². The van der Waals surface area contributed by atoms with E-state index in [2.05, 4.69) is 10.2 Å². The van der Waals surface area contributed by atoms with E-state index in [1.54, 1.807) is 0 Å². The lowest BCUT2D eigenvalue weighted by molar-refractivity contribution is -0.125. The van der Waals surface area contributed by atoms with Crippen LogP contribution in [0.25, 0.3) is 0 Å². The van der Waals surface area contributed by atoms with Crippen molar-refractivity contribution in [2.45, 2.75) is 58.2 Å². The molecule has 1 saturated carbocycles. The minimum Gasteiger partial charge on any atom is -0.351 e. The maximum absolute atomic E-state index is 12.0. The van der Waals surface area contributed by atoms with E-state index in [4.69, 9.17) is 5.73 Å². The Balaban J connectivity index is 1.79. The average molecular weight is 239 g/mol. The van der Waals surface area contributed by atoms with Crippen molar-refractivity contribution in [2.24, 2.45) is 11.1 Å². The number of hydrogen-bond donors (Lipinski definition) is 2. The molecule has 0 radical (unpaired) electrons. The number of hydrogen-bond acceptors (Lipinski definition) is 3. The predicted molar refractivity (Wildman–Crippen MR) is 68.6 cm³/mol. The second-order valence-electron chi connectivity index (χ2n) is 6.56. The van der Waals surface area contributed by atoms with Gasteiger partial charge in [0, 0.05) is 25.2 Å². The van der Waals surface area contributed by atoms with E-state index < -0.39 is 6.04 Å². The molecule has 2 fully saturated rings. The summed E-state index contributed by atoms with van der Waals surface area (Å²) >= 11 is 0. The second kappa shape index (κ2) is 4.58. The highest BCUT2D eigenvalue weighted by molar-refractivity contribution is 5.82. The molecule has 0 aromatic rings. The Morgan fingerprint density at radius 3 is 2.53 bits per heavy atom. The van der Waals surface area contributed by atoms with Crippen LogP contribution in [0.4, 0.5) is 0 Å². The third-order valence-corrected chi connectivity index (χ3v) is 3.84. The number of amides is 1. The average Bonchev–Trinajstić information content (AvgIpc) is 2.98. The molecule has 0 aromatic carbocycles. The molecular formula is C13H25N3O. The van der Waals surface area contributed by atoms with Gasteiger partial charge in [-0.15, -0.1) is 0 Å². The lowest BCUT2D eigenvalue weighted by atomic mass is 9.87. The molecule has 1 aliphatic carbocycles. The number of rotatable bonds is 3. The van der Waals surface area contributed by atoms with Gasteiger partial charge in [-0.1, -0.05) is 20.8 Å². The zero-order valence-corrected chi connectivity index (χ0v) is 11.2. The van der Waals surface area contributed by atoms with E-state index in [0.29, 0.717) is 6.04 Å². The van der Waals surface area contributed by atoms with Gasteiger partial charge in [-0.3, -0.25) is 9.69 Å². The third kappa shape index (κ3) is 3.19. The van der Waals surface area contributed by atoms with Crippen LogP contribution < -0.4 is 11.1 Å². The number of nitrogens with one attached hydrogen (secondary N) is 1. The summed E-state index contributed by atoms with van der Waals surface area (Å²) in [7, 11) is 0. The van der Waals surface area contributed by atoms with Crippen molar-refractivity contribution in [1.82, 2.24) is 10.2 Å². The SMILES string of the molecule is CC(C)(C)[C@H](N)C(=O)NC1CCN(C2CC2)C1. The molecule has 1 unspecified atom stereocenters. The normalized spacial score (nSPS) is 28.1. The molecular weight excluding hydrogens is 214 g/mol. The first-order chi connectivity index (χ1) is 7.88. The van der Waals surface area contributed by atoms with Gasteiger partial charge < -0.3 is 11.1 Å². The van der Waals surface area contributed by atoms with E-state index in [9.17, 15) is 4.79 Å². The van der Waals surface area contributed by atoms with Crippen LogP contribution in [0.15, 0.2) is 0 Å². The van der Waals surface area contributed by atoms with Crippen molar-refractivity contribution in [2.75, 3.05) is 13.1 Å². The van der Waals surface area contributed by atoms with Gasteiger partial charge in [-0.05, 0) is 24.7 Å². The molecule has 0 aromatic heterocycles. The van der Waals surface area contributed by atoms with Crippen LogP contribution in [0.3, 0.4) is 0 Å². The van der Waals surface area contributed by atoms with Crippen molar-refractivity contribution in [3.8, 4) is 0 Å². The molecule has 0 bridgehead atoms. The van der Waals surface area contributed by atoms with E-state index in [1.165, 1.54) is 12.8 Å². The van der Waals surface area contributed by atoms with Gasteiger partial charge >= 0.3 is 0 Å². The Morgan fingerprint density at radius 1 is 1.35 bits per heavy atom. The van der Waals surface area contributed by atoms with Gasteiger partial charge in [0.05, 0.1) is 6.04 Å². The number of nitrogens with two attached hydrogens (primary N) is 1. The minimum atomic E-state index is -0.419. The molecule has 1 aliphatic heterocycles. The third-order valence-electron chi connectivity index (χ3n) is 3.84. The van der Waals surface area contributed by atoms with Crippen molar-refractivity contribution >= 4 is 5.91 Å². The smallest absolute Gasteiger partial charge is 0.237 e. The Bertz CT molecular complexity index is 294. The second-order valence-corrected chi connectivity index (χ2v) is 6.56. The summed E-state index contributed by atoms with van der Waals surface area (Å²) in [5, 5.41) is 3.09. The maximum Gasteiger partial charge on any atom is 0.237 e. The minimum absolute atomic E-state index is 0.000136. The Kier molecular flexibility index (Phi) is 3.46. The highest BCUT2D eigenvalue weighted by atomic mass is 16.2. The molecule has 2 atom stereocenters. The van der Waals surface area contributed by atoms with Gasteiger partial charge in [0.25, 0.3) is 0 Å². The van der Waals surface area contributed by atoms with Gasteiger partial charge in [-0.25, -0.2) is 0 Å². The van der Waals surface area contributed by atoms with Crippen LogP contribution in [0.1, 0.15) is 40.0 Å². The summed E-state index contributed by atoms with van der Waals surface area (Å²) < 4.78 is 0. The first-order valence-corrected chi connectivity index (χ1v) is 6.68. The molecule has 4 nitrogen and oxygen atoms in total. The summed E-state index contributed by atoms with van der Waals surface area (Å²) in [4.78, 5) is 14.5. The molecule has 1 amide bonds. The maximum atomic E-state index is 12.0. The van der Waals surface area contributed by atoms with Crippen LogP contribution in [-0.4, -0.2) is 42.0 Å². The highest BCUT2D eigenvalue weighted by Crippen LogP contribution is 2.29. The van der Waals surface area contributed by atoms with Crippen molar-refractivity contribution in [3.05, 3.63) is 0 Å². The standard InChI is InChI=1S/C13H25N3O/c1-13(2,3)11(14)12(17)15-9-6-7-16(8-9)10-4-5-10/h9-11H,4-8,14H2,1-3H3,(H,15,17)/t9?,11-/m1/s1. The van der Waals surface area contributed by atoms with Crippen LogP contribution >= 0.6 is 0 Å². The van der Waals surface area contributed by atoms with Gasteiger partial charge in [0.15, 0.2) is 0 Å². The number of carbonyl (C=O) groups excluding carboxylic acids is 1. The Labute approximate surface area is 104 Å². The summed E-state index contributed by atoms with van der Waals surface area (Å²) in [5.41, 5.74) is 5.79. The van der Waals surface area contributed by atoms with Gasteiger partial charge in [-0.2, -0.15) is 0 Å². The van der Waals surface area contributed by atoms with Crippen molar-refractivity contribution in [3.63, 3.8) is 0 Å². The van der Waals surface area contributed by atoms with E-state index >= 15 is 0 Å². The zero-order chi connectivity index (χ0) is 12.6. The fourth-order valence-corrected chi connectivity index (χ4v) is 2.36. The topological polar surface area (TPSA) is 58.4 Å². The number of likely N-dealkylation sites (tertiary alicyclic amines) is 1. The van der Waals surface area contributed by atoms with Crippen LogP contribution in [0.2, 0.25) is 0 Å². The van der Waals surface area contributed by atoms with E-state index in [0.717, 1.165) is 25.6 Å². The monoisotopic (exact) mass is 239 g/mol. The van der Waals surface area contributed by atoms with Crippen molar-refractivity contribution < 1.29 is 4.79 Å². The number of carbonyl (C=O) groups is 1. The quantitative estimate of drug-likeness (QED) is 0.762. The van der Waals surface area contributed by atoms with Crippen LogP contribution in [0, 0.1) is 5.41 Å². The largest absolute Gasteiger partial charge is 0.351 e. The fourth-order valence-electron chi connectivity index (χ4n) is 2.36. The molecule has 1 heterocycles.